The van der Waals surface area contributed by atoms with Crippen LogP contribution in [0.2, 0.25) is 0 Å². The molecule has 94 valence electrons. The maximum atomic E-state index is 5.64. The molecule has 0 spiro atoms. The fourth-order valence-electron chi connectivity index (χ4n) is 1.76. The van der Waals surface area contributed by atoms with Crippen molar-refractivity contribution in [2.45, 2.75) is 0 Å². The van der Waals surface area contributed by atoms with Crippen molar-refractivity contribution in [2.24, 2.45) is 0 Å². The van der Waals surface area contributed by atoms with Gasteiger partial charge in [0.2, 0.25) is 0 Å². The number of hydrogen-bond donors (Lipinski definition) is 0. The minimum atomic E-state index is 0.0875. The van der Waals surface area contributed by atoms with E-state index in [-0.39, 0.29) is 12.1 Å². The second-order valence-corrected chi connectivity index (χ2v) is 3.94. The van der Waals surface area contributed by atoms with Crippen LogP contribution in [0.25, 0.3) is 11.1 Å². The molecular formula is C14H12Cl2O2. The highest BCUT2D eigenvalue weighted by atomic mass is 35.5. The largest absolute Gasteiger partial charge is 0.477 e. The number of hydrogen-bond acceptors (Lipinski definition) is 2. The number of benzene rings is 2. The van der Waals surface area contributed by atoms with Crippen LogP contribution in [0.4, 0.5) is 0 Å². The Morgan fingerprint density at radius 2 is 1.28 bits per heavy atom. The predicted octanol–water partition coefficient (Wildman–Crippen LogP) is 4.50. The molecule has 18 heavy (non-hydrogen) atoms. The van der Waals surface area contributed by atoms with Gasteiger partial charge in [-0.15, -0.1) is 0 Å². The molecule has 0 bridgehead atoms. The lowest BCUT2D eigenvalue weighted by molar-refractivity contribution is 0.371. The van der Waals surface area contributed by atoms with E-state index in [1.807, 2.05) is 48.5 Å². The first kappa shape index (κ1) is 13.1. The molecule has 0 atom stereocenters. The molecule has 0 aromatic heterocycles. The van der Waals surface area contributed by atoms with E-state index in [9.17, 15) is 0 Å². The van der Waals surface area contributed by atoms with Gasteiger partial charge in [0.15, 0.2) is 12.1 Å². The summed E-state index contributed by atoms with van der Waals surface area (Å²) in [5.74, 6) is 1.36. The zero-order valence-corrected chi connectivity index (χ0v) is 11.1. The van der Waals surface area contributed by atoms with Crippen LogP contribution in [0, 0.1) is 0 Å². The van der Waals surface area contributed by atoms with Crippen molar-refractivity contribution in [3.8, 4) is 22.6 Å². The standard InChI is InChI=1S/C14H12Cl2O2/c15-9-17-12-7-4-8-13(18-10-16)14(12)11-5-2-1-3-6-11/h1-8H,9-10H2. The zero-order chi connectivity index (χ0) is 12.8. The second kappa shape index (κ2) is 6.53. The van der Waals surface area contributed by atoms with E-state index in [0.29, 0.717) is 11.5 Å². The van der Waals surface area contributed by atoms with Crippen LogP contribution >= 0.6 is 23.2 Å². The quantitative estimate of drug-likeness (QED) is 0.752. The van der Waals surface area contributed by atoms with Gasteiger partial charge in [0, 0.05) is 0 Å². The van der Waals surface area contributed by atoms with E-state index in [0.717, 1.165) is 11.1 Å². The predicted molar refractivity (Wildman–Crippen MR) is 74.6 cm³/mol. The first-order chi connectivity index (χ1) is 8.86. The smallest absolute Gasteiger partial charge is 0.162 e. The molecule has 0 N–H and O–H groups in total. The van der Waals surface area contributed by atoms with Gasteiger partial charge in [0.25, 0.3) is 0 Å². The summed E-state index contributed by atoms with van der Waals surface area (Å²) in [4.78, 5) is 0. The Morgan fingerprint density at radius 1 is 0.722 bits per heavy atom. The normalized spacial score (nSPS) is 10.1. The molecule has 0 saturated heterocycles. The molecule has 0 aliphatic carbocycles. The molecule has 0 radical (unpaired) electrons. The number of rotatable bonds is 5. The molecule has 2 aromatic carbocycles. The molecule has 2 aromatic rings. The van der Waals surface area contributed by atoms with Gasteiger partial charge in [-0.05, 0) is 17.7 Å². The average Bonchev–Trinajstić information content (AvgIpc) is 2.41. The lowest BCUT2D eigenvalue weighted by Crippen LogP contribution is -1.97. The Hall–Kier alpha value is -1.38. The Bertz CT molecular complexity index is 476. The van der Waals surface area contributed by atoms with Crippen LogP contribution in [0.15, 0.2) is 48.5 Å². The summed E-state index contributed by atoms with van der Waals surface area (Å²) in [7, 11) is 0. The van der Waals surface area contributed by atoms with Gasteiger partial charge in [0.1, 0.15) is 11.5 Å². The fourth-order valence-corrected chi connectivity index (χ4v) is 1.99. The van der Waals surface area contributed by atoms with E-state index < -0.39 is 0 Å². The average molecular weight is 283 g/mol. The van der Waals surface area contributed by atoms with Gasteiger partial charge in [-0.25, -0.2) is 0 Å². The molecular weight excluding hydrogens is 271 g/mol. The fraction of sp³-hybridized carbons (Fsp3) is 0.143. The summed E-state index contributed by atoms with van der Waals surface area (Å²) in [6.07, 6.45) is 0. The Balaban J connectivity index is 2.53. The number of ether oxygens (including phenoxy) is 2. The van der Waals surface area contributed by atoms with Crippen molar-refractivity contribution < 1.29 is 9.47 Å². The van der Waals surface area contributed by atoms with Crippen LogP contribution in [-0.2, 0) is 0 Å². The van der Waals surface area contributed by atoms with Crippen LogP contribution in [0.3, 0.4) is 0 Å². The summed E-state index contributed by atoms with van der Waals surface area (Å²) >= 11 is 11.3. The van der Waals surface area contributed by atoms with Gasteiger partial charge in [0.05, 0.1) is 5.56 Å². The molecule has 2 rings (SSSR count). The van der Waals surface area contributed by atoms with Crippen molar-refractivity contribution in [2.75, 3.05) is 12.1 Å². The van der Waals surface area contributed by atoms with Gasteiger partial charge in [-0.2, -0.15) is 0 Å². The molecule has 4 heteroatoms. The molecule has 0 unspecified atom stereocenters. The van der Waals surface area contributed by atoms with E-state index in [1.54, 1.807) is 0 Å². The molecule has 0 amide bonds. The third-order valence-electron chi connectivity index (χ3n) is 2.47. The zero-order valence-electron chi connectivity index (χ0n) is 9.61. The summed E-state index contributed by atoms with van der Waals surface area (Å²) < 4.78 is 10.8. The summed E-state index contributed by atoms with van der Waals surface area (Å²) in [6.45, 7) is 0. The molecule has 2 nitrogen and oxygen atoms in total. The SMILES string of the molecule is ClCOc1cccc(OCCl)c1-c1ccccc1. The lowest BCUT2D eigenvalue weighted by Gasteiger charge is -2.14. The minimum Gasteiger partial charge on any atom is -0.477 e. The van der Waals surface area contributed by atoms with E-state index in [1.165, 1.54) is 0 Å². The first-order valence-corrected chi connectivity index (χ1v) is 6.49. The van der Waals surface area contributed by atoms with Crippen molar-refractivity contribution in [1.29, 1.82) is 0 Å². The molecule has 0 fully saturated rings. The Kier molecular flexibility index (Phi) is 4.73. The molecule has 0 aliphatic rings. The Labute approximate surface area is 116 Å². The van der Waals surface area contributed by atoms with Crippen molar-refractivity contribution in [3.05, 3.63) is 48.5 Å². The van der Waals surface area contributed by atoms with Gasteiger partial charge < -0.3 is 9.47 Å². The van der Waals surface area contributed by atoms with Crippen molar-refractivity contribution in [1.82, 2.24) is 0 Å². The van der Waals surface area contributed by atoms with Crippen LogP contribution in [0.1, 0.15) is 0 Å². The van der Waals surface area contributed by atoms with Crippen LogP contribution < -0.4 is 9.47 Å². The monoisotopic (exact) mass is 282 g/mol. The Morgan fingerprint density at radius 3 is 1.78 bits per heavy atom. The maximum Gasteiger partial charge on any atom is 0.162 e. The van der Waals surface area contributed by atoms with E-state index >= 15 is 0 Å². The lowest BCUT2D eigenvalue weighted by atomic mass is 10.0. The van der Waals surface area contributed by atoms with E-state index in [2.05, 4.69) is 0 Å². The highest BCUT2D eigenvalue weighted by Gasteiger charge is 2.12. The van der Waals surface area contributed by atoms with Crippen molar-refractivity contribution >= 4 is 23.2 Å². The summed E-state index contributed by atoms with van der Waals surface area (Å²) in [5.41, 5.74) is 1.86. The topological polar surface area (TPSA) is 18.5 Å². The second-order valence-electron chi connectivity index (χ2n) is 3.50. The number of halogens is 2. The van der Waals surface area contributed by atoms with Gasteiger partial charge in [-0.3, -0.25) is 0 Å². The number of alkyl halides is 2. The molecule has 0 aliphatic heterocycles. The minimum absolute atomic E-state index is 0.0875. The van der Waals surface area contributed by atoms with Gasteiger partial charge >= 0.3 is 0 Å². The molecule has 0 saturated carbocycles. The van der Waals surface area contributed by atoms with Crippen molar-refractivity contribution in [3.63, 3.8) is 0 Å². The third-order valence-corrected chi connectivity index (χ3v) is 2.69. The van der Waals surface area contributed by atoms with Gasteiger partial charge in [-0.1, -0.05) is 59.6 Å². The van der Waals surface area contributed by atoms with Crippen LogP contribution in [0.5, 0.6) is 11.5 Å². The van der Waals surface area contributed by atoms with E-state index in [4.69, 9.17) is 32.7 Å². The third kappa shape index (κ3) is 2.89. The summed E-state index contributed by atoms with van der Waals surface area (Å²) in [5, 5.41) is 0. The molecule has 0 heterocycles. The summed E-state index contributed by atoms with van der Waals surface area (Å²) in [6, 6.07) is 15.6. The highest BCUT2D eigenvalue weighted by Crippen LogP contribution is 2.38. The maximum absolute atomic E-state index is 5.64. The highest BCUT2D eigenvalue weighted by molar-refractivity contribution is 6.17. The first-order valence-electron chi connectivity index (χ1n) is 5.42. The van der Waals surface area contributed by atoms with Crippen LogP contribution in [-0.4, -0.2) is 12.1 Å².